The average Bonchev–Trinajstić information content (AvgIpc) is 2.45. The lowest BCUT2D eigenvalue weighted by atomic mass is 10.2. The second-order valence-corrected chi connectivity index (χ2v) is 7.03. The molecule has 0 radical (unpaired) electrons. The van der Waals surface area contributed by atoms with Crippen molar-refractivity contribution in [1.29, 1.82) is 0 Å². The number of piperazine rings is 1. The van der Waals surface area contributed by atoms with E-state index in [4.69, 9.17) is 11.6 Å². The zero-order valence-electron chi connectivity index (χ0n) is 11.7. The fourth-order valence-corrected chi connectivity index (χ4v) is 3.66. The van der Waals surface area contributed by atoms with E-state index in [1.54, 1.807) is 17.0 Å². The van der Waals surface area contributed by atoms with E-state index in [1.807, 2.05) is 6.92 Å². The van der Waals surface area contributed by atoms with Crippen molar-refractivity contribution in [3.63, 3.8) is 0 Å². The maximum absolute atomic E-state index is 12.2. The zero-order chi connectivity index (χ0) is 15.5. The van der Waals surface area contributed by atoms with Crippen molar-refractivity contribution in [2.75, 3.05) is 32.7 Å². The maximum atomic E-state index is 12.2. The topological polar surface area (TPSA) is 78.5 Å². The summed E-state index contributed by atoms with van der Waals surface area (Å²) in [5.74, 6) is -0.233. The van der Waals surface area contributed by atoms with Crippen LogP contribution in [-0.4, -0.2) is 51.9 Å². The third-order valence-electron chi connectivity index (χ3n) is 3.26. The molecule has 0 bridgehead atoms. The molecule has 2 rings (SSSR count). The summed E-state index contributed by atoms with van der Waals surface area (Å²) in [6.07, 6.45) is 0. The van der Waals surface area contributed by atoms with Gasteiger partial charge in [-0.25, -0.2) is 13.1 Å². The van der Waals surface area contributed by atoms with Gasteiger partial charge in [-0.1, -0.05) is 17.7 Å². The first-order chi connectivity index (χ1) is 9.90. The van der Waals surface area contributed by atoms with Gasteiger partial charge in [0.25, 0.3) is 0 Å². The van der Waals surface area contributed by atoms with Crippen molar-refractivity contribution in [3.8, 4) is 0 Å². The van der Waals surface area contributed by atoms with Crippen LogP contribution in [0.4, 0.5) is 0 Å². The highest BCUT2D eigenvalue weighted by Gasteiger charge is 2.21. The summed E-state index contributed by atoms with van der Waals surface area (Å²) in [6, 6.07) is 4.68. The van der Waals surface area contributed by atoms with Gasteiger partial charge in [0.15, 0.2) is 0 Å². The Bertz CT molecular complexity index is 628. The van der Waals surface area contributed by atoms with Gasteiger partial charge in [-0.05, 0) is 24.6 Å². The Balaban J connectivity index is 2.02. The van der Waals surface area contributed by atoms with Crippen LogP contribution in [0.3, 0.4) is 0 Å². The van der Waals surface area contributed by atoms with E-state index in [0.29, 0.717) is 13.1 Å². The van der Waals surface area contributed by atoms with Crippen LogP contribution >= 0.6 is 11.6 Å². The summed E-state index contributed by atoms with van der Waals surface area (Å²) >= 11 is 5.96. The summed E-state index contributed by atoms with van der Waals surface area (Å²) in [7, 11) is -3.79. The van der Waals surface area contributed by atoms with Crippen LogP contribution in [-0.2, 0) is 14.8 Å². The molecule has 1 aliphatic rings. The Morgan fingerprint density at radius 1 is 1.38 bits per heavy atom. The first kappa shape index (κ1) is 16.2. The van der Waals surface area contributed by atoms with Gasteiger partial charge in [0, 0.05) is 26.2 Å². The third kappa shape index (κ3) is 4.16. The number of benzene rings is 1. The Hall–Kier alpha value is -1.15. The van der Waals surface area contributed by atoms with Gasteiger partial charge in [0.1, 0.15) is 4.90 Å². The molecule has 0 aromatic heterocycles. The molecule has 0 atom stereocenters. The number of carbonyl (C=O) groups is 1. The number of amides is 1. The van der Waals surface area contributed by atoms with Crippen molar-refractivity contribution in [2.24, 2.45) is 0 Å². The molecule has 0 unspecified atom stereocenters. The van der Waals surface area contributed by atoms with Gasteiger partial charge in [0.05, 0.1) is 11.6 Å². The Kier molecular flexibility index (Phi) is 5.21. The summed E-state index contributed by atoms with van der Waals surface area (Å²) in [5, 5.41) is 3.28. The molecule has 1 fully saturated rings. The minimum Gasteiger partial charge on any atom is -0.339 e. The summed E-state index contributed by atoms with van der Waals surface area (Å²) < 4.78 is 26.7. The second kappa shape index (κ2) is 6.74. The lowest BCUT2D eigenvalue weighted by Gasteiger charge is -2.27. The summed E-state index contributed by atoms with van der Waals surface area (Å²) in [5.41, 5.74) is 0.871. The molecular formula is C13H18ClN3O3S. The molecule has 1 aromatic carbocycles. The summed E-state index contributed by atoms with van der Waals surface area (Å²) in [4.78, 5) is 13.6. The predicted octanol–water partition coefficient (Wildman–Crippen LogP) is 0.359. The Morgan fingerprint density at radius 3 is 2.67 bits per heavy atom. The first-order valence-electron chi connectivity index (χ1n) is 6.64. The number of hydrogen-bond acceptors (Lipinski definition) is 4. The third-order valence-corrected chi connectivity index (χ3v) is 5.14. The van der Waals surface area contributed by atoms with E-state index in [0.717, 1.165) is 18.7 Å². The Labute approximate surface area is 129 Å². The number of halogens is 1. The maximum Gasteiger partial charge on any atom is 0.242 e. The normalized spacial score (nSPS) is 16.0. The number of hydrogen-bond donors (Lipinski definition) is 2. The molecule has 1 aromatic rings. The Morgan fingerprint density at radius 2 is 2.05 bits per heavy atom. The van der Waals surface area contributed by atoms with Crippen molar-refractivity contribution in [2.45, 2.75) is 11.8 Å². The molecule has 0 aliphatic carbocycles. The highest BCUT2D eigenvalue weighted by molar-refractivity contribution is 7.89. The molecule has 0 saturated carbocycles. The van der Waals surface area contributed by atoms with Crippen LogP contribution in [0.2, 0.25) is 5.02 Å². The molecule has 1 aliphatic heterocycles. The largest absolute Gasteiger partial charge is 0.339 e. The minimum absolute atomic E-state index is 0.0112. The molecule has 6 nitrogen and oxygen atoms in total. The van der Waals surface area contributed by atoms with Crippen molar-refractivity contribution in [3.05, 3.63) is 28.8 Å². The molecule has 8 heteroatoms. The van der Waals surface area contributed by atoms with Gasteiger partial charge in [0.2, 0.25) is 15.9 Å². The van der Waals surface area contributed by atoms with E-state index in [1.165, 1.54) is 6.07 Å². The number of sulfonamides is 1. The fraction of sp³-hybridized carbons (Fsp3) is 0.462. The molecule has 0 spiro atoms. The van der Waals surface area contributed by atoms with Crippen LogP contribution in [0.25, 0.3) is 0 Å². The first-order valence-corrected chi connectivity index (χ1v) is 8.50. The standard InChI is InChI=1S/C13H18ClN3O3S/c1-10-2-3-12(11(14)8-10)21(19,20)16-9-13(18)17-6-4-15-5-7-17/h2-3,8,15-16H,4-7,9H2,1H3. The van der Waals surface area contributed by atoms with E-state index in [2.05, 4.69) is 10.0 Å². The number of aryl methyl sites for hydroxylation is 1. The highest BCUT2D eigenvalue weighted by atomic mass is 35.5. The number of rotatable bonds is 4. The van der Waals surface area contributed by atoms with E-state index < -0.39 is 10.0 Å². The second-order valence-electron chi connectivity index (χ2n) is 4.89. The van der Waals surface area contributed by atoms with Crippen LogP contribution in [0.5, 0.6) is 0 Å². The van der Waals surface area contributed by atoms with Crippen molar-refractivity contribution >= 4 is 27.5 Å². The number of carbonyl (C=O) groups excluding carboxylic acids is 1. The fourth-order valence-electron chi connectivity index (χ4n) is 2.08. The molecular weight excluding hydrogens is 314 g/mol. The van der Waals surface area contributed by atoms with Gasteiger partial charge >= 0.3 is 0 Å². The van der Waals surface area contributed by atoms with Crippen molar-refractivity contribution in [1.82, 2.24) is 14.9 Å². The molecule has 1 heterocycles. The molecule has 2 N–H and O–H groups in total. The minimum atomic E-state index is -3.79. The van der Waals surface area contributed by atoms with Gasteiger partial charge in [-0.2, -0.15) is 0 Å². The molecule has 21 heavy (non-hydrogen) atoms. The van der Waals surface area contributed by atoms with Crippen LogP contribution in [0.1, 0.15) is 5.56 Å². The van der Waals surface area contributed by atoms with Crippen molar-refractivity contribution < 1.29 is 13.2 Å². The number of nitrogens with one attached hydrogen (secondary N) is 2. The van der Waals surface area contributed by atoms with E-state index >= 15 is 0 Å². The lowest BCUT2D eigenvalue weighted by molar-refractivity contribution is -0.130. The van der Waals surface area contributed by atoms with Crippen LogP contribution < -0.4 is 10.0 Å². The van der Waals surface area contributed by atoms with E-state index in [9.17, 15) is 13.2 Å². The average molecular weight is 332 g/mol. The smallest absolute Gasteiger partial charge is 0.242 e. The summed E-state index contributed by atoms with van der Waals surface area (Å²) in [6.45, 7) is 4.19. The monoisotopic (exact) mass is 331 g/mol. The van der Waals surface area contributed by atoms with Gasteiger partial charge in [-0.15, -0.1) is 0 Å². The predicted molar refractivity (Wildman–Crippen MR) is 80.8 cm³/mol. The molecule has 116 valence electrons. The molecule has 1 amide bonds. The quantitative estimate of drug-likeness (QED) is 0.835. The highest BCUT2D eigenvalue weighted by Crippen LogP contribution is 2.22. The van der Waals surface area contributed by atoms with Crippen LogP contribution in [0, 0.1) is 6.92 Å². The lowest BCUT2D eigenvalue weighted by Crippen LogP contribution is -2.49. The van der Waals surface area contributed by atoms with Gasteiger partial charge < -0.3 is 10.2 Å². The van der Waals surface area contributed by atoms with Gasteiger partial charge in [-0.3, -0.25) is 4.79 Å². The van der Waals surface area contributed by atoms with Crippen LogP contribution in [0.15, 0.2) is 23.1 Å². The molecule has 1 saturated heterocycles. The number of nitrogens with zero attached hydrogens (tertiary/aromatic N) is 1. The zero-order valence-corrected chi connectivity index (χ0v) is 13.3. The van der Waals surface area contributed by atoms with E-state index in [-0.39, 0.29) is 22.4 Å². The SMILES string of the molecule is Cc1ccc(S(=O)(=O)NCC(=O)N2CCNCC2)c(Cl)c1.